The molecule has 4 heterocycles. The lowest BCUT2D eigenvalue weighted by Crippen LogP contribution is -2.39. The zero-order valence-electron chi connectivity index (χ0n) is 22.2. The van der Waals surface area contributed by atoms with Gasteiger partial charge in [-0.05, 0) is 56.0 Å². The van der Waals surface area contributed by atoms with Gasteiger partial charge < -0.3 is 9.30 Å². The molecule has 0 radical (unpaired) electrons. The maximum atomic E-state index is 14.0. The van der Waals surface area contributed by atoms with Gasteiger partial charge in [0.25, 0.3) is 5.56 Å². The van der Waals surface area contributed by atoms with Crippen molar-refractivity contribution in [3.63, 3.8) is 0 Å². The van der Waals surface area contributed by atoms with Gasteiger partial charge in [-0.2, -0.15) is 0 Å². The highest BCUT2D eigenvalue weighted by atomic mass is 35.5. The first-order valence-electron chi connectivity index (χ1n) is 12.9. The van der Waals surface area contributed by atoms with Gasteiger partial charge in [0.05, 0.1) is 22.4 Å². The average Bonchev–Trinajstić information content (AvgIpc) is 3.64. The van der Waals surface area contributed by atoms with Crippen LogP contribution in [0.1, 0.15) is 41.6 Å². The molecule has 0 N–H and O–H groups in total. The Labute approximate surface area is 243 Å². The smallest absolute Gasteiger partial charge is 0.338 e. The number of halogens is 1. The molecule has 0 saturated carbocycles. The van der Waals surface area contributed by atoms with E-state index in [-0.39, 0.29) is 12.2 Å². The van der Waals surface area contributed by atoms with E-state index in [9.17, 15) is 9.59 Å². The number of rotatable bonds is 6. The topological polar surface area (TPSA) is 65.6 Å². The molecule has 0 amide bonds. The third-order valence-electron chi connectivity index (χ3n) is 7.17. The van der Waals surface area contributed by atoms with Crippen LogP contribution in [0.2, 0.25) is 5.02 Å². The molecule has 2 aromatic carbocycles. The fourth-order valence-corrected chi connectivity index (χ4v) is 7.33. The Morgan fingerprint density at radius 1 is 1.10 bits per heavy atom. The lowest BCUT2D eigenvalue weighted by Gasteiger charge is -2.23. The number of carbonyl (C=O) groups is 1. The van der Waals surface area contributed by atoms with Gasteiger partial charge in [-0.15, -0.1) is 11.3 Å². The second-order valence-corrected chi connectivity index (χ2v) is 11.9. The zero-order valence-corrected chi connectivity index (χ0v) is 24.6. The molecule has 0 fully saturated rings. The number of thiophene rings is 1. The van der Waals surface area contributed by atoms with E-state index in [1.165, 1.54) is 22.7 Å². The number of esters is 1. The van der Waals surface area contributed by atoms with Crippen LogP contribution in [0, 0.1) is 6.92 Å². The quantitative estimate of drug-likeness (QED) is 0.235. The number of aromatic nitrogens is 2. The van der Waals surface area contributed by atoms with Gasteiger partial charge >= 0.3 is 5.97 Å². The molecule has 6 nitrogen and oxygen atoms in total. The molecule has 9 heteroatoms. The number of hydrogen-bond acceptors (Lipinski definition) is 6. The predicted molar refractivity (Wildman–Crippen MR) is 162 cm³/mol. The molecular weight excluding hydrogens is 562 g/mol. The molecule has 0 saturated heterocycles. The number of thiazole rings is 1. The van der Waals surface area contributed by atoms with Crippen LogP contribution in [0.15, 0.2) is 87.1 Å². The Morgan fingerprint density at radius 2 is 1.88 bits per heavy atom. The van der Waals surface area contributed by atoms with Gasteiger partial charge in [0.2, 0.25) is 0 Å². The summed E-state index contributed by atoms with van der Waals surface area (Å²) in [5, 5.41) is 3.72. The maximum absolute atomic E-state index is 14.0. The monoisotopic (exact) mass is 587 g/mol. The van der Waals surface area contributed by atoms with E-state index in [0.29, 0.717) is 27.1 Å². The highest BCUT2D eigenvalue weighted by molar-refractivity contribution is 7.10. The lowest BCUT2D eigenvalue weighted by atomic mass is 10.0. The largest absolute Gasteiger partial charge is 0.463 e. The van der Waals surface area contributed by atoms with E-state index in [0.717, 1.165) is 37.6 Å². The number of para-hydroxylation sites is 1. The first-order chi connectivity index (χ1) is 19.4. The molecule has 0 bridgehead atoms. The first-order valence-corrected chi connectivity index (χ1v) is 15.0. The Hall–Kier alpha value is -3.72. The van der Waals surface area contributed by atoms with Crippen molar-refractivity contribution in [3.05, 3.63) is 124 Å². The number of carbonyl (C=O) groups excluding carboxylic acids is 1. The van der Waals surface area contributed by atoms with Crippen LogP contribution in [0.5, 0.6) is 0 Å². The Kier molecular flexibility index (Phi) is 7.08. The van der Waals surface area contributed by atoms with Gasteiger partial charge in [0.1, 0.15) is 6.04 Å². The second-order valence-electron chi connectivity index (χ2n) is 9.51. The molecule has 6 rings (SSSR count). The van der Waals surface area contributed by atoms with Gasteiger partial charge in [-0.25, -0.2) is 9.79 Å². The molecule has 1 aliphatic heterocycles. The van der Waals surface area contributed by atoms with Crippen molar-refractivity contribution in [1.82, 2.24) is 9.13 Å². The second kappa shape index (κ2) is 10.7. The number of benzene rings is 2. The predicted octanol–water partition coefficient (Wildman–Crippen LogP) is 5.82. The summed E-state index contributed by atoms with van der Waals surface area (Å²) in [7, 11) is 0. The van der Waals surface area contributed by atoms with Crippen molar-refractivity contribution in [3.8, 4) is 0 Å². The van der Waals surface area contributed by atoms with Gasteiger partial charge in [0.15, 0.2) is 4.80 Å². The number of hydrogen-bond donors (Lipinski definition) is 0. The summed E-state index contributed by atoms with van der Waals surface area (Å²) < 4.78 is 9.81. The van der Waals surface area contributed by atoms with Crippen molar-refractivity contribution in [1.29, 1.82) is 0 Å². The van der Waals surface area contributed by atoms with Gasteiger partial charge in [-0.3, -0.25) is 9.36 Å². The maximum Gasteiger partial charge on any atom is 0.338 e. The SMILES string of the molecule is CCOC(=O)C1=C(C)N=c2s/c(=C\c3c(C)n(Cc4ccccc4Cl)c4ccccc34)c(=O)n2[C@H]1c1cccs1. The molecule has 0 aliphatic carbocycles. The molecule has 40 heavy (non-hydrogen) atoms. The van der Waals surface area contributed by atoms with E-state index < -0.39 is 12.0 Å². The Bertz CT molecular complexity index is 1980. The normalized spacial score (nSPS) is 15.4. The van der Waals surface area contributed by atoms with Crippen molar-refractivity contribution in [2.75, 3.05) is 6.61 Å². The zero-order chi connectivity index (χ0) is 28.0. The van der Waals surface area contributed by atoms with E-state index in [4.69, 9.17) is 21.3 Å². The fourth-order valence-electron chi connectivity index (χ4n) is 5.28. The van der Waals surface area contributed by atoms with E-state index in [1.54, 1.807) is 18.4 Å². The number of nitrogens with zero attached hydrogens (tertiary/aromatic N) is 3. The molecule has 1 atom stereocenters. The highest BCUT2D eigenvalue weighted by Gasteiger charge is 2.34. The molecule has 0 spiro atoms. The Balaban J connectivity index is 1.54. The van der Waals surface area contributed by atoms with Crippen LogP contribution in [0.25, 0.3) is 17.0 Å². The van der Waals surface area contributed by atoms with Crippen LogP contribution >= 0.6 is 34.3 Å². The molecule has 1 aliphatic rings. The van der Waals surface area contributed by atoms with Crippen molar-refractivity contribution >= 4 is 57.2 Å². The van der Waals surface area contributed by atoms with Crippen LogP contribution in [0.4, 0.5) is 0 Å². The number of allylic oxidation sites excluding steroid dienone is 1. The summed E-state index contributed by atoms with van der Waals surface area (Å²) in [6, 6.07) is 19.3. The average molecular weight is 588 g/mol. The fraction of sp³-hybridized carbons (Fsp3) is 0.194. The van der Waals surface area contributed by atoms with E-state index in [2.05, 4.69) is 23.6 Å². The molecule has 202 valence electrons. The molecule has 5 aromatic rings. The van der Waals surface area contributed by atoms with Crippen LogP contribution in [0.3, 0.4) is 0 Å². The van der Waals surface area contributed by atoms with Gasteiger partial charge in [0, 0.05) is 38.6 Å². The summed E-state index contributed by atoms with van der Waals surface area (Å²) in [6.07, 6.45) is 1.96. The minimum atomic E-state index is -0.583. The highest BCUT2D eigenvalue weighted by Crippen LogP contribution is 2.33. The van der Waals surface area contributed by atoms with Crippen molar-refractivity contribution < 1.29 is 9.53 Å². The third kappa shape index (κ3) is 4.46. The van der Waals surface area contributed by atoms with Crippen molar-refractivity contribution in [2.24, 2.45) is 4.99 Å². The summed E-state index contributed by atoms with van der Waals surface area (Å²) in [6.45, 7) is 6.50. The summed E-state index contributed by atoms with van der Waals surface area (Å²) >= 11 is 9.35. The first kappa shape index (κ1) is 26.5. The van der Waals surface area contributed by atoms with Gasteiger partial charge in [-0.1, -0.05) is 65.4 Å². The van der Waals surface area contributed by atoms with Crippen molar-refractivity contribution in [2.45, 2.75) is 33.4 Å². The van der Waals surface area contributed by atoms with E-state index >= 15 is 0 Å². The van der Waals surface area contributed by atoms with Crippen LogP contribution < -0.4 is 14.9 Å². The summed E-state index contributed by atoms with van der Waals surface area (Å²) in [5.41, 5.74) is 4.88. The molecule has 3 aromatic heterocycles. The molecule has 0 unspecified atom stereocenters. The summed E-state index contributed by atoms with van der Waals surface area (Å²) in [5.74, 6) is -0.449. The van der Waals surface area contributed by atoms with Crippen LogP contribution in [-0.4, -0.2) is 21.7 Å². The Morgan fingerprint density at radius 3 is 2.62 bits per heavy atom. The minimum Gasteiger partial charge on any atom is -0.463 e. The molecular formula is C31H26ClN3O3S2. The summed E-state index contributed by atoms with van der Waals surface area (Å²) in [4.78, 5) is 33.2. The lowest BCUT2D eigenvalue weighted by molar-refractivity contribution is -0.139. The third-order valence-corrected chi connectivity index (χ3v) is 9.45. The number of fused-ring (bicyclic) bond motifs is 2. The standard InChI is InChI=1S/C31H26ClN3O3S2/c1-4-38-30(37)27-18(2)33-31-35(28(27)25-14-9-15-39-25)29(36)26(40-31)16-22-19(3)34(24-13-8-6-11-21(22)24)17-20-10-5-7-12-23(20)32/h5-16,28H,4,17H2,1-3H3/b26-16-/t28-/m0/s1. The van der Waals surface area contributed by atoms with E-state index in [1.807, 2.05) is 60.0 Å². The number of ether oxygens (including phenoxy) is 1. The van der Waals surface area contributed by atoms with Crippen LogP contribution in [-0.2, 0) is 16.1 Å². The minimum absolute atomic E-state index is 0.182.